The van der Waals surface area contributed by atoms with Gasteiger partial charge in [0.05, 0.1) is 27.3 Å². The second-order valence-electron chi connectivity index (χ2n) is 8.63. The first kappa shape index (κ1) is 16.2. The van der Waals surface area contributed by atoms with Crippen molar-refractivity contribution in [1.29, 1.82) is 0 Å². The van der Waals surface area contributed by atoms with Crippen LogP contribution in [0.1, 0.15) is 11.1 Å². The molecule has 0 aliphatic carbocycles. The Kier molecular flexibility index (Phi) is 2.85. The predicted molar refractivity (Wildman–Crippen MR) is 127 cm³/mol. The van der Waals surface area contributed by atoms with Crippen molar-refractivity contribution in [2.45, 2.75) is 13.8 Å². The van der Waals surface area contributed by atoms with E-state index in [0.29, 0.717) is 0 Å². The molecule has 0 fully saturated rings. The lowest BCUT2D eigenvalue weighted by atomic mass is 9.95. The van der Waals surface area contributed by atoms with Crippen LogP contribution in [0.4, 0.5) is 0 Å². The molecular weight excluding hydrogens is 364 g/mol. The highest BCUT2D eigenvalue weighted by Gasteiger charge is 2.25. The first-order valence-electron chi connectivity index (χ1n) is 10.5. The van der Waals surface area contributed by atoms with Crippen LogP contribution in [0.25, 0.3) is 59.8 Å². The van der Waals surface area contributed by atoms with Gasteiger partial charge in [0, 0.05) is 22.2 Å². The number of rotatable bonds is 0. The summed E-state index contributed by atoms with van der Waals surface area (Å²) in [7, 11) is 2.18. The maximum absolute atomic E-state index is 2.53. The molecule has 0 unspecified atom stereocenters. The zero-order chi connectivity index (χ0) is 20.1. The third-order valence-electron chi connectivity index (χ3n) is 7.06. The third-order valence-corrected chi connectivity index (χ3v) is 7.06. The van der Waals surface area contributed by atoms with Gasteiger partial charge in [0.1, 0.15) is 7.05 Å². The van der Waals surface area contributed by atoms with Crippen molar-refractivity contribution in [3.8, 4) is 0 Å². The molecule has 4 aromatic carbocycles. The van der Waals surface area contributed by atoms with Crippen molar-refractivity contribution in [2.75, 3.05) is 0 Å². The summed E-state index contributed by atoms with van der Waals surface area (Å²) in [5.41, 5.74) is 7.99. The lowest BCUT2D eigenvalue weighted by Gasteiger charge is -2.15. The van der Waals surface area contributed by atoms with E-state index < -0.39 is 0 Å². The number of pyridine rings is 2. The molecule has 0 bridgehead atoms. The molecule has 7 rings (SSSR count). The lowest BCUT2D eigenvalue weighted by Crippen LogP contribution is -2.29. The van der Waals surface area contributed by atoms with E-state index >= 15 is 0 Å². The average Bonchev–Trinajstić information content (AvgIpc) is 3.09. The highest BCUT2D eigenvalue weighted by molar-refractivity contribution is 6.30. The fourth-order valence-corrected chi connectivity index (χ4v) is 5.59. The van der Waals surface area contributed by atoms with Gasteiger partial charge in [-0.05, 0) is 53.9 Å². The number of aromatic nitrogens is 2. The van der Waals surface area contributed by atoms with Crippen LogP contribution < -0.4 is 4.57 Å². The third kappa shape index (κ3) is 1.74. The summed E-state index contributed by atoms with van der Waals surface area (Å²) in [5, 5.41) is 9.30. The van der Waals surface area contributed by atoms with E-state index in [9.17, 15) is 0 Å². The Bertz CT molecular complexity index is 1820. The van der Waals surface area contributed by atoms with Gasteiger partial charge in [-0.3, -0.25) is 0 Å². The molecule has 0 atom stereocenters. The Balaban J connectivity index is 2.04. The van der Waals surface area contributed by atoms with Gasteiger partial charge in [0.15, 0.2) is 6.20 Å². The molecular formula is C28H21N2+. The maximum atomic E-state index is 2.53. The molecule has 0 amide bonds. The highest BCUT2D eigenvalue weighted by atomic mass is 15.0. The number of fused-ring (bicyclic) bond motifs is 7. The fourth-order valence-electron chi connectivity index (χ4n) is 5.59. The number of para-hydroxylation sites is 1. The molecule has 0 aliphatic heterocycles. The summed E-state index contributed by atoms with van der Waals surface area (Å²) in [6.45, 7) is 4.52. The van der Waals surface area contributed by atoms with Gasteiger partial charge in [-0.25, -0.2) is 4.57 Å². The van der Waals surface area contributed by atoms with Crippen LogP contribution in [0, 0.1) is 13.8 Å². The number of aryl methyl sites for hydroxylation is 3. The van der Waals surface area contributed by atoms with Crippen molar-refractivity contribution in [3.05, 3.63) is 84.1 Å². The van der Waals surface area contributed by atoms with E-state index in [1.807, 2.05) is 0 Å². The van der Waals surface area contributed by atoms with Crippen molar-refractivity contribution < 1.29 is 4.57 Å². The zero-order valence-corrected chi connectivity index (χ0v) is 17.3. The van der Waals surface area contributed by atoms with Gasteiger partial charge in [0.25, 0.3) is 0 Å². The molecule has 3 heterocycles. The molecule has 0 spiro atoms. The average molecular weight is 385 g/mol. The van der Waals surface area contributed by atoms with Crippen LogP contribution in [-0.2, 0) is 7.05 Å². The summed E-state index contributed by atoms with van der Waals surface area (Å²) in [6, 6.07) is 24.6. The van der Waals surface area contributed by atoms with E-state index in [2.05, 4.69) is 103 Å². The van der Waals surface area contributed by atoms with Crippen LogP contribution in [0.15, 0.2) is 72.9 Å². The monoisotopic (exact) mass is 385 g/mol. The topological polar surface area (TPSA) is 8.29 Å². The summed E-state index contributed by atoms with van der Waals surface area (Å²) in [5.74, 6) is 0. The van der Waals surface area contributed by atoms with Gasteiger partial charge in [-0.2, -0.15) is 0 Å². The summed E-state index contributed by atoms with van der Waals surface area (Å²) >= 11 is 0. The first-order valence-corrected chi connectivity index (χ1v) is 10.5. The zero-order valence-electron chi connectivity index (χ0n) is 17.3. The Morgan fingerprint density at radius 1 is 0.700 bits per heavy atom. The van der Waals surface area contributed by atoms with E-state index in [0.717, 1.165) is 0 Å². The van der Waals surface area contributed by atoms with Crippen molar-refractivity contribution >= 4 is 59.8 Å². The van der Waals surface area contributed by atoms with E-state index in [1.165, 1.54) is 70.9 Å². The molecule has 0 saturated carbocycles. The largest absolute Gasteiger partial charge is 0.307 e. The normalized spacial score (nSPS) is 12.5. The predicted octanol–water partition coefficient (Wildman–Crippen LogP) is 6.58. The molecule has 142 valence electrons. The second-order valence-corrected chi connectivity index (χ2v) is 8.63. The van der Waals surface area contributed by atoms with Gasteiger partial charge in [-0.1, -0.05) is 42.5 Å². The molecule has 30 heavy (non-hydrogen) atoms. The summed E-state index contributed by atoms with van der Waals surface area (Å²) < 4.78 is 4.84. The Morgan fingerprint density at radius 2 is 1.43 bits per heavy atom. The molecule has 0 radical (unpaired) electrons. The number of hydrogen-bond donors (Lipinski definition) is 0. The van der Waals surface area contributed by atoms with Crippen molar-refractivity contribution in [3.63, 3.8) is 0 Å². The molecule has 2 heteroatoms. The van der Waals surface area contributed by atoms with E-state index in [-0.39, 0.29) is 0 Å². The van der Waals surface area contributed by atoms with Crippen LogP contribution >= 0.6 is 0 Å². The van der Waals surface area contributed by atoms with E-state index in [4.69, 9.17) is 0 Å². The molecule has 0 aliphatic rings. The van der Waals surface area contributed by atoms with Crippen LogP contribution in [0.2, 0.25) is 0 Å². The van der Waals surface area contributed by atoms with E-state index in [1.54, 1.807) is 0 Å². The minimum absolute atomic E-state index is 1.29. The van der Waals surface area contributed by atoms with Gasteiger partial charge in [-0.15, -0.1) is 0 Å². The Hall–Kier alpha value is -3.65. The quantitative estimate of drug-likeness (QED) is 0.158. The minimum atomic E-state index is 1.29. The Morgan fingerprint density at radius 3 is 2.30 bits per heavy atom. The van der Waals surface area contributed by atoms with Crippen LogP contribution in [0.3, 0.4) is 0 Å². The molecule has 0 saturated heterocycles. The van der Waals surface area contributed by atoms with Gasteiger partial charge >= 0.3 is 0 Å². The molecule has 0 N–H and O–H groups in total. The SMILES string of the molecule is Cc1cc2c3ccccc3n3c2c(c1C)c1c2c(cc[n+]1C)cc1ccccc1c23. The van der Waals surface area contributed by atoms with Gasteiger partial charge in [0.2, 0.25) is 5.52 Å². The summed E-state index contributed by atoms with van der Waals surface area (Å²) in [4.78, 5) is 0. The maximum Gasteiger partial charge on any atom is 0.224 e. The first-order chi connectivity index (χ1) is 14.6. The van der Waals surface area contributed by atoms with Crippen LogP contribution in [0.5, 0.6) is 0 Å². The van der Waals surface area contributed by atoms with Crippen molar-refractivity contribution in [2.24, 2.45) is 7.05 Å². The number of benzene rings is 4. The lowest BCUT2D eigenvalue weighted by molar-refractivity contribution is -0.643. The molecule has 7 aromatic rings. The standard InChI is InChI=1S/C28H21N2/c1-16-14-22-21-10-6-7-11-23(21)30-26-20-9-5-4-8-18(20)15-19-12-13-29(3)28(25(19)26)24(17(16)2)27(22)30/h4-15H,1-3H3/q+1. The van der Waals surface area contributed by atoms with Crippen LogP contribution in [-0.4, -0.2) is 4.40 Å². The number of hydrogen-bond acceptors (Lipinski definition) is 0. The van der Waals surface area contributed by atoms with Gasteiger partial charge < -0.3 is 4.40 Å². The molecule has 2 nitrogen and oxygen atoms in total. The number of nitrogens with zero attached hydrogens (tertiary/aromatic N) is 2. The summed E-state index contributed by atoms with van der Waals surface area (Å²) in [6.07, 6.45) is 2.21. The highest BCUT2D eigenvalue weighted by Crippen LogP contribution is 2.43. The smallest absolute Gasteiger partial charge is 0.224 e. The fraction of sp³-hybridized carbons (Fsp3) is 0.107. The van der Waals surface area contributed by atoms with Crippen molar-refractivity contribution in [1.82, 2.24) is 4.40 Å². The molecule has 3 aromatic heterocycles. The minimum Gasteiger partial charge on any atom is -0.307 e. The second kappa shape index (κ2) is 5.28. The Labute approximate surface area is 173 Å².